The molecule has 6 unspecified atom stereocenters. The van der Waals surface area contributed by atoms with Crippen LogP contribution >= 0.6 is 0 Å². The van der Waals surface area contributed by atoms with Gasteiger partial charge in [0.15, 0.2) is 18.9 Å². The molecule has 274 valence electrons. The Morgan fingerprint density at radius 1 is 1.04 bits per heavy atom. The first-order valence-electron chi connectivity index (χ1n) is 15.9. The summed E-state index contributed by atoms with van der Waals surface area (Å²) in [5.41, 5.74) is 2.33. The van der Waals surface area contributed by atoms with Crippen LogP contribution in [0.15, 0.2) is 11.5 Å². The molecule has 2 saturated heterocycles. The number of hydrogen-bond acceptors (Lipinski definition) is 15. The van der Waals surface area contributed by atoms with Crippen molar-refractivity contribution in [1.29, 1.82) is 5.41 Å². The normalized spacial score (nSPS) is 32.7. The lowest BCUT2D eigenvalue weighted by Crippen LogP contribution is -2.66. The van der Waals surface area contributed by atoms with Gasteiger partial charge in [0.2, 0.25) is 5.91 Å². The quantitative estimate of drug-likeness (QED) is 0.0728. The molecular formula is C31H58N4O12. The van der Waals surface area contributed by atoms with Crippen LogP contribution in [0, 0.1) is 34.0 Å². The highest BCUT2D eigenvalue weighted by atomic mass is 16.7. The van der Waals surface area contributed by atoms with Crippen molar-refractivity contribution in [3.05, 3.63) is 11.5 Å². The van der Waals surface area contributed by atoms with Gasteiger partial charge in [0.25, 0.3) is 0 Å². The number of hydrogen-bond donors (Lipinski definition) is 12. The minimum Gasteiger partial charge on any atom is -0.510 e. The summed E-state index contributed by atoms with van der Waals surface area (Å²) in [7, 11) is 0. The highest BCUT2D eigenvalue weighted by Gasteiger charge is 2.56. The van der Waals surface area contributed by atoms with Crippen LogP contribution in [-0.4, -0.2) is 134 Å². The molecule has 0 aliphatic carbocycles. The van der Waals surface area contributed by atoms with Crippen molar-refractivity contribution in [3.63, 3.8) is 0 Å². The van der Waals surface area contributed by atoms with Gasteiger partial charge in [-0.2, -0.15) is 0 Å². The smallest absolute Gasteiger partial charge is 0.221 e. The number of rotatable bonds is 14. The molecular weight excluding hydrogens is 620 g/mol. The van der Waals surface area contributed by atoms with Gasteiger partial charge >= 0.3 is 0 Å². The number of ether oxygens (including phenoxy) is 3. The van der Waals surface area contributed by atoms with E-state index in [0.29, 0.717) is 0 Å². The molecule has 0 aromatic carbocycles. The second-order valence-electron chi connectivity index (χ2n) is 14.7. The molecule has 0 aromatic rings. The van der Waals surface area contributed by atoms with Crippen molar-refractivity contribution in [2.75, 3.05) is 26.4 Å². The second-order valence-corrected chi connectivity index (χ2v) is 14.7. The maximum absolute atomic E-state index is 12.0. The summed E-state index contributed by atoms with van der Waals surface area (Å²) in [6.45, 7) is 12.3. The molecule has 1 amide bonds. The summed E-state index contributed by atoms with van der Waals surface area (Å²) in [5, 5.41) is 99.7. The van der Waals surface area contributed by atoms with Gasteiger partial charge in [0, 0.05) is 42.9 Å². The zero-order valence-corrected chi connectivity index (χ0v) is 28.7. The fraction of sp³-hybridized carbons (Fsp3) is 0.871. The Hall–Kier alpha value is -1.80. The first-order valence-corrected chi connectivity index (χ1v) is 15.9. The SMILES string of the molecule is CC(=O)N/C(=C(/O)[C@@H](CO)C(C)(C)C)[C@@H](O)CC(=N)[C@@H]1C(O)O[C@@H](OC(C)(C)C(C)(C)[C@@H]2C(O)OCC(N)C2O)C(NCCO)C1O. The van der Waals surface area contributed by atoms with Gasteiger partial charge in [-0.1, -0.05) is 34.6 Å². The van der Waals surface area contributed by atoms with Crippen LogP contribution < -0.4 is 16.4 Å². The summed E-state index contributed by atoms with van der Waals surface area (Å²) < 4.78 is 17.5. The number of carbonyl (C=O) groups excluding carboxylic acids is 1. The van der Waals surface area contributed by atoms with Crippen molar-refractivity contribution in [2.24, 2.45) is 34.3 Å². The van der Waals surface area contributed by atoms with Crippen molar-refractivity contribution in [1.82, 2.24) is 10.6 Å². The van der Waals surface area contributed by atoms with Gasteiger partial charge in [0.1, 0.15) is 11.9 Å². The van der Waals surface area contributed by atoms with Crippen LogP contribution in [0.5, 0.6) is 0 Å². The third-order valence-corrected chi connectivity index (χ3v) is 9.76. The molecule has 16 heteroatoms. The average Bonchev–Trinajstić information content (AvgIpc) is 2.92. The van der Waals surface area contributed by atoms with Gasteiger partial charge in [0.05, 0.1) is 61.3 Å². The molecule has 0 aromatic heterocycles. The largest absolute Gasteiger partial charge is 0.510 e. The monoisotopic (exact) mass is 678 g/mol. The number of aliphatic hydroxyl groups excluding tert-OH is 8. The maximum Gasteiger partial charge on any atom is 0.221 e. The fourth-order valence-electron chi connectivity index (χ4n) is 6.17. The number of nitrogens with two attached hydrogens (primary N) is 1. The van der Waals surface area contributed by atoms with Crippen LogP contribution in [0.25, 0.3) is 0 Å². The molecule has 47 heavy (non-hydrogen) atoms. The van der Waals surface area contributed by atoms with E-state index < -0.39 is 114 Å². The van der Waals surface area contributed by atoms with E-state index in [9.17, 15) is 45.6 Å². The summed E-state index contributed by atoms with van der Waals surface area (Å²) in [6.07, 6.45) is -9.52. The molecule has 16 nitrogen and oxygen atoms in total. The molecule has 2 aliphatic rings. The Bertz CT molecular complexity index is 1100. The Morgan fingerprint density at radius 3 is 2.15 bits per heavy atom. The summed E-state index contributed by atoms with van der Waals surface area (Å²) in [6, 6.07) is -1.90. The zero-order valence-electron chi connectivity index (χ0n) is 28.7. The summed E-state index contributed by atoms with van der Waals surface area (Å²) in [4.78, 5) is 12.0. The van der Waals surface area contributed by atoms with E-state index in [0.717, 1.165) is 6.92 Å². The van der Waals surface area contributed by atoms with Crippen molar-refractivity contribution < 1.29 is 59.9 Å². The lowest BCUT2D eigenvalue weighted by atomic mass is 9.64. The number of nitrogens with one attached hydrogen (secondary N) is 3. The van der Waals surface area contributed by atoms with Crippen LogP contribution in [-0.2, 0) is 19.0 Å². The van der Waals surface area contributed by atoms with Crippen molar-refractivity contribution >= 4 is 11.6 Å². The first-order chi connectivity index (χ1) is 21.5. The van der Waals surface area contributed by atoms with E-state index >= 15 is 0 Å². The first kappa shape index (κ1) is 41.4. The van der Waals surface area contributed by atoms with Gasteiger partial charge in [-0.3, -0.25) is 4.79 Å². The summed E-state index contributed by atoms with van der Waals surface area (Å²) >= 11 is 0. The molecule has 2 aliphatic heterocycles. The number of aliphatic hydroxyl groups is 8. The van der Waals surface area contributed by atoms with E-state index in [1.807, 2.05) is 0 Å². The topological polar surface area (TPSA) is 281 Å². The molecule has 0 radical (unpaired) electrons. The van der Waals surface area contributed by atoms with Crippen LogP contribution in [0.3, 0.4) is 0 Å². The summed E-state index contributed by atoms with van der Waals surface area (Å²) in [5.74, 6) is -4.31. The number of amides is 1. The van der Waals surface area contributed by atoms with Gasteiger partial charge in [-0.25, -0.2) is 0 Å². The van der Waals surface area contributed by atoms with Crippen LogP contribution in [0.1, 0.15) is 61.8 Å². The standard InChI is InChI=1S/C31H58N4O12/c1-14(38)35-21(23(40)15(12-37)29(2,3)4)18(39)11-16(32)19-25(42)22(34-9-10-36)28(46-26(19)43)47-31(7,8)30(5,6)20-24(41)17(33)13-45-27(20)44/h15,17-20,22,24-28,32,34,36-37,39-44H,9-13,33H2,1-8H3,(H,35,38)/b23-21+,32-16?/t15-,17?,18+,19+,20+,22?,24?,25?,26?,27?,28+/m1/s1. The fourth-order valence-corrected chi connectivity index (χ4v) is 6.17. The molecule has 2 heterocycles. The van der Waals surface area contributed by atoms with E-state index in [1.165, 1.54) is 0 Å². The van der Waals surface area contributed by atoms with Crippen molar-refractivity contribution in [2.45, 2.75) is 117 Å². The third kappa shape index (κ3) is 9.46. The highest BCUT2D eigenvalue weighted by Crippen LogP contribution is 2.47. The van der Waals surface area contributed by atoms with Gasteiger partial charge in [-0.15, -0.1) is 0 Å². The van der Waals surface area contributed by atoms with Crippen LogP contribution in [0.2, 0.25) is 0 Å². The highest BCUT2D eigenvalue weighted by molar-refractivity contribution is 5.86. The predicted octanol–water partition coefficient (Wildman–Crippen LogP) is -1.61. The molecule has 0 bridgehead atoms. The minimum absolute atomic E-state index is 0.0328. The molecule has 0 saturated carbocycles. The van der Waals surface area contributed by atoms with Crippen molar-refractivity contribution in [3.8, 4) is 0 Å². The Kier molecular flexibility index (Phi) is 14.3. The lowest BCUT2D eigenvalue weighted by Gasteiger charge is -2.54. The zero-order chi connectivity index (χ0) is 36.2. The average molecular weight is 679 g/mol. The Morgan fingerprint density at radius 2 is 1.64 bits per heavy atom. The van der Waals surface area contributed by atoms with Crippen LogP contribution in [0.4, 0.5) is 0 Å². The Labute approximate surface area is 276 Å². The maximum atomic E-state index is 12.0. The molecule has 13 N–H and O–H groups in total. The predicted molar refractivity (Wildman–Crippen MR) is 169 cm³/mol. The molecule has 2 fully saturated rings. The lowest BCUT2D eigenvalue weighted by molar-refractivity contribution is -0.340. The van der Waals surface area contributed by atoms with E-state index in [2.05, 4.69) is 10.6 Å². The minimum atomic E-state index is -1.83. The number of carbonyl (C=O) groups is 1. The molecule has 2 rings (SSSR count). The second kappa shape index (κ2) is 16.3. The third-order valence-electron chi connectivity index (χ3n) is 9.76. The van der Waals surface area contributed by atoms with E-state index in [4.69, 9.17) is 25.4 Å². The van der Waals surface area contributed by atoms with E-state index in [1.54, 1.807) is 48.5 Å². The van der Waals surface area contributed by atoms with Gasteiger partial charge in [-0.05, 0) is 19.3 Å². The van der Waals surface area contributed by atoms with E-state index in [-0.39, 0.29) is 25.5 Å². The Balaban J connectivity index is 2.38. The van der Waals surface area contributed by atoms with Gasteiger partial charge < -0.3 is 76.8 Å². The molecule has 11 atom stereocenters. The molecule has 0 spiro atoms.